The van der Waals surface area contributed by atoms with Crippen LogP contribution in [0.4, 0.5) is 5.82 Å². The van der Waals surface area contributed by atoms with E-state index in [9.17, 15) is 0 Å². The number of aryl methyl sites for hydroxylation is 1. The molecule has 0 aliphatic carbocycles. The van der Waals surface area contributed by atoms with Gasteiger partial charge in [0.05, 0.1) is 0 Å². The molecule has 1 atom stereocenters. The van der Waals surface area contributed by atoms with E-state index in [1.807, 2.05) is 0 Å². The molecule has 1 aromatic rings. The zero-order valence-corrected chi connectivity index (χ0v) is 12.4. The second-order valence-electron chi connectivity index (χ2n) is 4.78. The van der Waals surface area contributed by atoms with Gasteiger partial charge in [0, 0.05) is 18.5 Å². The average molecular weight is 270 g/mol. The normalized spacial score (nSPS) is 12.4. The van der Waals surface area contributed by atoms with Crippen LogP contribution in [0.25, 0.3) is 0 Å². The lowest BCUT2D eigenvalue weighted by Crippen LogP contribution is -2.16. The largest absolute Gasteiger partial charge is 0.367 e. The van der Waals surface area contributed by atoms with Gasteiger partial charge in [-0.25, -0.2) is 9.97 Å². The Kier molecular flexibility index (Phi) is 7.02. The molecule has 0 fully saturated rings. The maximum absolute atomic E-state index is 6.00. The molecule has 0 saturated carbocycles. The van der Waals surface area contributed by atoms with Crippen LogP contribution in [0.3, 0.4) is 0 Å². The van der Waals surface area contributed by atoms with Crippen molar-refractivity contribution in [2.24, 2.45) is 0 Å². The number of halogens is 1. The molecule has 0 bridgehead atoms. The van der Waals surface area contributed by atoms with Crippen LogP contribution < -0.4 is 5.32 Å². The lowest BCUT2D eigenvalue weighted by atomic mass is 10.1. The minimum Gasteiger partial charge on any atom is -0.367 e. The van der Waals surface area contributed by atoms with Crippen LogP contribution in [0, 0.1) is 0 Å². The molecule has 0 spiro atoms. The van der Waals surface area contributed by atoms with Crippen molar-refractivity contribution in [1.29, 1.82) is 0 Å². The van der Waals surface area contributed by atoms with E-state index in [0.29, 0.717) is 11.2 Å². The summed E-state index contributed by atoms with van der Waals surface area (Å²) in [5.41, 5.74) is 0. The van der Waals surface area contributed by atoms with Crippen LogP contribution in [-0.2, 0) is 6.42 Å². The van der Waals surface area contributed by atoms with Crippen LogP contribution in [0.2, 0.25) is 5.15 Å². The fourth-order valence-electron chi connectivity index (χ4n) is 1.90. The summed E-state index contributed by atoms with van der Waals surface area (Å²) in [7, 11) is 0. The molecule has 0 aromatic carbocycles. The molecule has 0 saturated heterocycles. The first kappa shape index (κ1) is 15.2. The van der Waals surface area contributed by atoms with Crippen LogP contribution in [-0.4, -0.2) is 16.0 Å². The smallest absolute Gasteiger partial charge is 0.134 e. The first-order chi connectivity index (χ1) is 8.65. The Morgan fingerprint density at radius 2 is 2.00 bits per heavy atom. The Morgan fingerprint density at radius 1 is 1.22 bits per heavy atom. The second kappa shape index (κ2) is 8.30. The van der Waals surface area contributed by atoms with E-state index in [-0.39, 0.29) is 0 Å². The lowest BCUT2D eigenvalue weighted by Gasteiger charge is -2.15. The summed E-state index contributed by atoms with van der Waals surface area (Å²) in [6.45, 7) is 6.52. The molecule has 0 amide bonds. The summed E-state index contributed by atoms with van der Waals surface area (Å²) >= 11 is 6.00. The van der Waals surface area contributed by atoms with Gasteiger partial charge in [-0.1, -0.05) is 44.7 Å². The van der Waals surface area contributed by atoms with E-state index in [4.69, 9.17) is 11.6 Å². The Labute approximate surface area is 115 Å². The van der Waals surface area contributed by atoms with Crippen LogP contribution in [0.1, 0.15) is 58.7 Å². The molecule has 1 unspecified atom stereocenters. The van der Waals surface area contributed by atoms with Crippen molar-refractivity contribution < 1.29 is 0 Å². The molecule has 1 N–H and O–H groups in total. The van der Waals surface area contributed by atoms with Gasteiger partial charge in [0.2, 0.25) is 0 Å². The van der Waals surface area contributed by atoms with Crippen molar-refractivity contribution in [3.8, 4) is 0 Å². The molecule has 4 heteroatoms. The van der Waals surface area contributed by atoms with E-state index < -0.39 is 0 Å². The topological polar surface area (TPSA) is 37.8 Å². The Bertz CT molecular complexity index is 355. The van der Waals surface area contributed by atoms with Gasteiger partial charge in [-0.05, 0) is 19.8 Å². The third-order valence-electron chi connectivity index (χ3n) is 2.85. The van der Waals surface area contributed by atoms with E-state index in [1.54, 1.807) is 6.07 Å². The number of nitrogens with zero attached hydrogens (tertiary/aromatic N) is 2. The number of unbranched alkanes of at least 4 members (excludes halogenated alkanes) is 2. The van der Waals surface area contributed by atoms with Crippen LogP contribution in [0.15, 0.2) is 6.07 Å². The fraction of sp³-hybridized carbons (Fsp3) is 0.714. The summed E-state index contributed by atoms with van der Waals surface area (Å²) in [5, 5.41) is 3.93. The molecule has 102 valence electrons. The SMILES string of the molecule is CCCCCC(C)Nc1cc(Cl)nc(CCC)n1. The highest BCUT2D eigenvalue weighted by Gasteiger charge is 2.06. The van der Waals surface area contributed by atoms with Crippen molar-refractivity contribution in [3.63, 3.8) is 0 Å². The second-order valence-corrected chi connectivity index (χ2v) is 5.17. The van der Waals surface area contributed by atoms with Gasteiger partial charge >= 0.3 is 0 Å². The predicted molar refractivity (Wildman–Crippen MR) is 78.3 cm³/mol. The molecule has 0 aliphatic heterocycles. The summed E-state index contributed by atoms with van der Waals surface area (Å²) in [6.07, 6.45) is 6.87. The van der Waals surface area contributed by atoms with Crippen molar-refractivity contribution in [2.45, 2.75) is 65.3 Å². The van der Waals surface area contributed by atoms with Gasteiger partial charge in [0.1, 0.15) is 16.8 Å². The van der Waals surface area contributed by atoms with Gasteiger partial charge < -0.3 is 5.32 Å². The summed E-state index contributed by atoms with van der Waals surface area (Å²) in [5.74, 6) is 1.68. The molecule has 0 aliphatic rings. The Morgan fingerprint density at radius 3 is 2.67 bits per heavy atom. The van der Waals surface area contributed by atoms with Gasteiger partial charge in [0.25, 0.3) is 0 Å². The van der Waals surface area contributed by atoms with Crippen molar-refractivity contribution in [1.82, 2.24) is 9.97 Å². The molecular weight excluding hydrogens is 246 g/mol. The quantitative estimate of drug-likeness (QED) is 0.559. The zero-order valence-electron chi connectivity index (χ0n) is 11.7. The number of nitrogens with one attached hydrogen (secondary N) is 1. The minimum atomic E-state index is 0.428. The molecular formula is C14H24ClN3. The lowest BCUT2D eigenvalue weighted by molar-refractivity contribution is 0.613. The highest BCUT2D eigenvalue weighted by Crippen LogP contribution is 2.15. The summed E-state index contributed by atoms with van der Waals surface area (Å²) < 4.78 is 0. The van der Waals surface area contributed by atoms with Gasteiger partial charge in [-0.15, -0.1) is 0 Å². The van der Waals surface area contributed by atoms with Crippen LogP contribution in [0.5, 0.6) is 0 Å². The number of hydrogen-bond acceptors (Lipinski definition) is 3. The van der Waals surface area contributed by atoms with E-state index in [2.05, 4.69) is 36.1 Å². The fourth-order valence-corrected chi connectivity index (χ4v) is 2.10. The maximum Gasteiger partial charge on any atom is 0.134 e. The van der Waals surface area contributed by atoms with Crippen molar-refractivity contribution in [3.05, 3.63) is 17.0 Å². The molecule has 1 rings (SSSR count). The summed E-state index contributed by atoms with van der Waals surface area (Å²) in [6, 6.07) is 2.23. The van der Waals surface area contributed by atoms with E-state index >= 15 is 0 Å². The molecule has 3 nitrogen and oxygen atoms in total. The Balaban J connectivity index is 2.54. The van der Waals surface area contributed by atoms with E-state index in [0.717, 1.165) is 24.5 Å². The van der Waals surface area contributed by atoms with Crippen molar-refractivity contribution in [2.75, 3.05) is 5.32 Å². The number of aromatic nitrogens is 2. The third kappa shape index (κ3) is 5.67. The first-order valence-electron chi connectivity index (χ1n) is 6.95. The zero-order chi connectivity index (χ0) is 13.4. The molecule has 0 radical (unpaired) electrons. The molecule has 1 heterocycles. The average Bonchev–Trinajstić information content (AvgIpc) is 2.28. The van der Waals surface area contributed by atoms with Crippen molar-refractivity contribution >= 4 is 17.4 Å². The molecule has 18 heavy (non-hydrogen) atoms. The number of anilines is 1. The maximum atomic E-state index is 6.00. The molecule has 1 aromatic heterocycles. The van der Waals surface area contributed by atoms with Gasteiger partial charge in [-0.3, -0.25) is 0 Å². The monoisotopic (exact) mass is 269 g/mol. The van der Waals surface area contributed by atoms with Gasteiger partial charge in [0.15, 0.2) is 0 Å². The third-order valence-corrected chi connectivity index (χ3v) is 3.04. The number of hydrogen-bond donors (Lipinski definition) is 1. The highest BCUT2D eigenvalue weighted by molar-refractivity contribution is 6.29. The Hall–Kier alpha value is -0.830. The predicted octanol–water partition coefficient (Wildman–Crippen LogP) is 4.46. The minimum absolute atomic E-state index is 0.428. The number of rotatable bonds is 8. The van der Waals surface area contributed by atoms with Gasteiger partial charge in [-0.2, -0.15) is 0 Å². The highest BCUT2D eigenvalue weighted by atomic mass is 35.5. The standard InChI is InChI=1S/C14H24ClN3/c1-4-6-7-9-11(3)16-14-10-12(15)17-13(18-14)8-5-2/h10-11H,4-9H2,1-3H3,(H,16,17,18). The summed E-state index contributed by atoms with van der Waals surface area (Å²) in [4.78, 5) is 8.71. The first-order valence-corrected chi connectivity index (χ1v) is 7.33. The van der Waals surface area contributed by atoms with E-state index in [1.165, 1.54) is 25.7 Å². The van der Waals surface area contributed by atoms with Crippen LogP contribution >= 0.6 is 11.6 Å².